The number of primary amides is 1. The Bertz CT molecular complexity index is 3020. The average molecular weight is 1280 g/mol. The van der Waals surface area contributed by atoms with Gasteiger partial charge in [-0.3, -0.25) is 57.7 Å². The van der Waals surface area contributed by atoms with Gasteiger partial charge in [-0.1, -0.05) is 98.6 Å². The first-order chi connectivity index (χ1) is 43.1. The number of carboxylic acid groups (broad SMARTS) is 1. The molecule has 0 unspecified atom stereocenters. The quantitative estimate of drug-likeness (QED) is 0.0295. The molecule has 0 saturated carbocycles. The third kappa shape index (κ3) is 22.2. The van der Waals surface area contributed by atoms with E-state index in [-0.39, 0.29) is 81.0 Å². The van der Waals surface area contributed by atoms with Gasteiger partial charge in [-0.15, -0.1) is 0 Å². The molecule has 2 bridgehead atoms. The summed E-state index contributed by atoms with van der Waals surface area (Å²) < 4.78 is 0. The molecule has 0 spiro atoms. The van der Waals surface area contributed by atoms with Crippen LogP contribution in [0.2, 0.25) is 0 Å². The Balaban J connectivity index is 1.30. The number of carbonyl (C=O) groups excluding carboxylic acids is 10. The van der Waals surface area contributed by atoms with Gasteiger partial charge in [0.2, 0.25) is 53.2 Å². The minimum absolute atomic E-state index is 0.00703. The molecule has 3 heterocycles. The number of aliphatic imine (C=N–C) groups is 1. The van der Waals surface area contributed by atoms with Crippen molar-refractivity contribution in [3.8, 4) is 0 Å². The normalized spacial score (nSPS) is 22.4. The highest BCUT2D eigenvalue weighted by molar-refractivity contribution is 7.98. The van der Waals surface area contributed by atoms with Gasteiger partial charge in [0.05, 0.1) is 6.10 Å². The maximum atomic E-state index is 14.7. The zero-order valence-electron chi connectivity index (χ0n) is 51.0. The second-order valence-electron chi connectivity index (χ2n) is 22.9. The van der Waals surface area contributed by atoms with Gasteiger partial charge in [0.15, 0.2) is 11.7 Å². The van der Waals surface area contributed by atoms with Crippen LogP contribution in [0.15, 0.2) is 83.9 Å². The lowest BCUT2D eigenvalue weighted by atomic mass is 9.93. The molecule has 3 aliphatic heterocycles. The fourth-order valence-electron chi connectivity index (χ4n) is 10.9. The van der Waals surface area contributed by atoms with Gasteiger partial charge < -0.3 is 69.1 Å². The van der Waals surface area contributed by atoms with Gasteiger partial charge in [-0.25, -0.2) is 0 Å². The van der Waals surface area contributed by atoms with E-state index in [2.05, 4.69) is 36.9 Å². The molecule has 9 amide bonds. The molecule has 0 radical (unpaired) electrons. The van der Waals surface area contributed by atoms with Gasteiger partial charge in [-0.2, -0.15) is 23.5 Å². The first kappa shape index (κ1) is 71.0. The summed E-state index contributed by atoms with van der Waals surface area (Å²) in [6, 6.07) is 13.6. The van der Waals surface area contributed by atoms with E-state index in [1.165, 1.54) is 40.2 Å². The van der Waals surface area contributed by atoms with Crippen molar-refractivity contribution in [3.05, 3.63) is 107 Å². The van der Waals surface area contributed by atoms with E-state index in [1.54, 1.807) is 54.6 Å². The molecule has 25 nitrogen and oxygen atoms in total. The lowest BCUT2D eigenvalue weighted by molar-refractivity contribution is -0.148. The molecule has 0 aromatic heterocycles. The lowest BCUT2D eigenvalue weighted by Crippen LogP contribution is -2.61. The molecule has 14 N–H and O–H groups in total. The summed E-state index contributed by atoms with van der Waals surface area (Å²) in [5.41, 5.74) is 19.7. The number of carbonyl (C=O) groups is 11. The number of nitrogens with two attached hydrogens (primary N) is 3. The number of aliphatic hydroxyl groups excluding tert-OH is 1. The van der Waals surface area contributed by atoms with Crippen molar-refractivity contribution in [1.82, 2.24) is 41.7 Å². The number of Topliss-reactive ketones (excluding diaryl/α,β-unsaturated/α-hetero) is 1. The van der Waals surface area contributed by atoms with Crippen LogP contribution in [-0.2, 0) is 72.4 Å². The molecule has 3 aliphatic rings. The third-order valence-corrected chi connectivity index (χ3v) is 18.1. The number of hydrogen-bond acceptors (Lipinski definition) is 15. The summed E-state index contributed by atoms with van der Waals surface area (Å²) in [5, 5.41) is 37.2. The summed E-state index contributed by atoms with van der Waals surface area (Å²) in [4.78, 5) is 159. The molecule has 90 heavy (non-hydrogen) atoms. The van der Waals surface area contributed by atoms with E-state index >= 15 is 0 Å². The number of thioether (sulfide) groups is 2. The third-order valence-electron chi connectivity index (χ3n) is 15.9. The molecule has 6 rings (SSSR count). The van der Waals surface area contributed by atoms with E-state index in [1.807, 2.05) is 31.2 Å². The van der Waals surface area contributed by atoms with Gasteiger partial charge in [0, 0.05) is 86.4 Å². The predicted molar refractivity (Wildman–Crippen MR) is 341 cm³/mol. The van der Waals surface area contributed by atoms with Crippen LogP contribution in [0.3, 0.4) is 0 Å². The largest absolute Gasteiger partial charge is 0.481 e. The van der Waals surface area contributed by atoms with E-state index in [0.29, 0.717) is 66.7 Å². The van der Waals surface area contributed by atoms with E-state index in [4.69, 9.17) is 17.2 Å². The highest BCUT2D eigenvalue weighted by Crippen LogP contribution is 2.28. The Kier molecular flexibility index (Phi) is 28.4. The van der Waals surface area contributed by atoms with E-state index in [0.717, 1.165) is 24.0 Å². The number of ketones is 1. The molecular formula is C63H86N12O13S2. The van der Waals surface area contributed by atoms with Crippen molar-refractivity contribution in [3.63, 3.8) is 0 Å². The Morgan fingerprint density at radius 3 is 2.00 bits per heavy atom. The first-order valence-corrected chi connectivity index (χ1v) is 33.0. The van der Waals surface area contributed by atoms with Crippen molar-refractivity contribution in [1.29, 1.82) is 0 Å². The molecule has 488 valence electrons. The monoisotopic (exact) mass is 1280 g/mol. The van der Waals surface area contributed by atoms with Crippen molar-refractivity contribution in [2.45, 2.75) is 170 Å². The lowest BCUT2D eigenvalue weighted by Gasteiger charge is -2.33. The first-order valence-electron chi connectivity index (χ1n) is 30.7. The molecule has 27 heteroatoms. The number of fused-ring (bicyclic) bond motifs is 4. The predicted octanol–water partition coefficient (Wildman–Crippen LogP) is 1.69. The maximum Gasteiger partial charge on any atom is 0.303 e. The van der Waals surface area contributed by atoms with Crippen LogP contribution in [0.5, 0.6) is 0 Å². The number of guanidine groups is 1. The van der Waals surface area contributed by atoms with Crippen molar-refractivity contribution in [2.75, 3.05) is 31.1 Å². The van der Waals surface area contributed by atoms with Crippen LogP contribution < -0.4 is 49.1 Å². The highest BCUT2D eigenvalue weighted by atomic mass is 32.2. The van der Waals surface area contributed by atoms with Gasteiger partial charge >= 0.3 is 5.97 Å². The van der Waals surface area contributed by atoms with Crippen LogP contribution in [0.1, 0.15) is 130 Å². The number of aliphatic hydroxyl groups is 1. The summed E-state index contributed by atoms with van der Waals surface area (Å²) >= 11 is 2.76. The van der Waals surface area contributed by atoms with Crippen LogP contribution in [0.25, 0.3) is 0 Å². The number of unbranched alkanes of at least 4 members (excludes halogenated alkanes) is 2. The number of rotatable bonds is 22. The Labute approximate surface area is 532 Å². The van der Waals surface area contributed by atoms with Crippen LogP contribution in [0, 0.1) is 5.92 Å². The van der Waals surface area contributed by atoms with Gasteiger partial charge in [0.25, 0.3) is 0 Å². The molecule has 0 aliphatic carbocycles. The van der Waals surface area contributed by atoms with Gasteiger partial charge in [0.1, 0.15) is 42.3 Å². The van der Waals surface area contributed by atoms with Crippen molar-refractivity contribution >= 4 is 94.4 Å². The maximum absolute atomic E-state index is 14.7. The average Bonchev–Trinajstić information content (AvgIpc) is 1.77. The number of amides is 9. The van der Waals surface area contributed by atoms with Crippen LogP contribution >= 0.6 is 23.5 Å². The molecule has 2 fully saturated rings. The number of hydrogen-bond donors (Lipinski definition) is 11. The summed E-state index contributed by atoms with van der Waals surface area (Å²) in [5.74, 6) is -7.65. The van der Waals surface area contributed by atoms with E-state index < -0.39 is 120 Å². The number of benzene rings is 3. The molecule has 3 aromatic carbocycles. The fourth-order valence-corrected chi connectivity index (χ4v) is 12.9. The SMILES string of the molecule is CCCCCC(=O)N[C@H]1CSCc2cccc(c2)CSC[C@@H](C(=O)NCc2ccc(C(=O)C[C@@H](CCCN=C(N)N)C(N)=O)cc2)NC(=O)[C@H](Cc2ccccc2)NC(=O)[C@H](CCC(=O)O)NC(=O)[C@H]([C@@H](C)O)NC(=O)[C@@H]2CCCN2C(=O)[C@@H]2CCCN2C1=O. The summed E-state index contributed by atoms with van der Waals surface area (Å²) in [7, 11) is 0. The van der Waals surface area contributed by atoms with Crippen LogP contribution in [0.4, 0.5) is 0 Å². The Hall–Kier alpha value is -8.04. The Morgan fingerprint density at radius 1 is 0.711 bits per heavy atom. The minimum Gasteiger partial charge on any atom is -0.481 e. The fraction of sp³-hybridized carbons (Fsp3) is 0.524. The highest BCUT2D eigenvalue weighted by Gasteiger charge is 2.45. The molecule has 3 aromatic rings. The molecule has 9 atom stereocenters. The van der Waals surface area contributed by atoms with Gasteiger partial charge in [-0.05, 0) is 80.5 Å². The second-order valence-corrected chi connectivity index (χ2v) is 25.0. The Morgan fingerprint density at radius 2 is 1.36 bits per heavy atom. The summed E-state index contributed by atoms with van der Waals surface area (Å²) in [6.45, 7) is 3.85. The summed E-state index contributed by atoms with van der Waals surface area (Å²) in [6.07, 6.45) is 1.64. The molecular weight excluding hydrogens is 1200 g/mol. The zero-order chi connectivity index (χ0) is 65.3. The zero-order valence-corrected chi connectivity index (χ0v) is 52.7. The van der Waals surface area contributed by atoms with E-state index in [9.17, 15) is 63.0 Å². The smallest absolute Gasteiger partial charge is 0.303 e. The van der Waals surface area contributed by atoms with Crippen molar-refractivity contribution in [2.24, 2.45) is 28.1 Å². The standard InChI is InChI=1S/C63H86N12O13S2/c1-3-4-6-20-52(78)69-48-37-90-35-42-16-9-15-41(30-42)34-89-36-47(56(82)68-33-40-21-23-43(24-22-40)51(77)32-44(55(64)81)17-10-27-67-63(65)66)72-58(84)46(31-39-13-7-5-8-14-39)71-57(83)45(25-26-53(79)80)70-60(86)54(38(2)76)73-59(85)49-18-11-28-74(49)62(88)50-19-12-29-75(50)61(48)87/h5,7-9,13-16,21-24,30,38,44-50,54,76H,3-4,6,10-12,17-20,25-29,31-37H2,1-2H3,(H2,64,81)(H,68,82)(H,69,78)(H,70,86)(H,71,83)(H,72,84)(H,73,85)(H,79,80)(H4,65,66,67)/t38-,44-,45+,46+,47+,48+,49+,50+,54+/m1/s1. The number of nitrogens with one attached hydrogen (secondary N) is 6. The molecule has 2 saturated heterocycles. The second kappa shape index (κ2) is 36.0. The number of nitrogens with zero attached hydrogens (tertiary/aromatic N) is 3. The number of aliphatic carboxylic acids is 1. The number of carboxylic acids is 1. The van der Waals surface area contributed by atoms with Crippen LogP contribution in [-0.4, -0.2) is 170 Å². The topological polar surface area (TPSA) is 397 Å². The van der Waals surface area contributed by atoms with Crippen molar-refractivity contribution < 1.29 is 63.0 Å². The minimum atomic E-state index is -1.73.